The molecule has 0 bridgehead atoms. The molecule has 0 heterocycles. The van der Waals surface area contributed by atoms with Crippen molar-refractivity contribution in [1.82, 2.24) is 4.90 Å². The van der Waals surface area contributed by atoms with E-state index in [4.69, 9.17) is 5.11 Å². The van der Waals surface area contributed by atoms with Gasteiger partial charge in [-0.2, -0.15) is 0 Å². The highest BCUT2D eigenvalue weighted by Crippen LogP contribution is 2.21. The molecule has 0 rings (SSSR count). The van der Waals surface area contributed by atoms with Gasteiger partial charge in [-0.1, -0.05) is 13.8 Å². The Morgan fingerprint density at radius 2 is 1.91 bits per heavy atom. The molecule has 2 atom stereocenters. The summed E-state index contributed by atoms with van der Waals surface area (Å²) in [5.41, 5.74) is -1.06. The van der Waals surface area contributed by atoms with Gasteiger partial charge in [-0.25, -0.2) is 0 Å². The van der Waals surface area contributed by atoms with Crippen LogP contribution in [-0.2, 0) is 0 Å². The average molecular weight is 161 g/mol. The van der Waals surface area contributed by atoms with Gasteiger partial charge in [0.25, 0.3) is 0 Å². The predicted octanol–water partition coefficient (Wildman–Crippen LogP) is 0.275. The van der Waals surface area contributed by atoms with Gasteiger partial charge in [0, 0.05) is 5.92 Å². The molecule has 68 valence electrons. The second kappa shape index (κ2) is 4.04. The summed E-state index contributed by atoms with van der Waals surface area (Å²) in [4.78, 5) is 1.65. The van der Waals surface area contributed by atoms with Gasteiger partial charge in [-0.15, -0.1) is 0 Å². The molecule has 0 fully saturated rings. The van der Waals surface area contributed by atoms with Crippen LogP contribution in [0.3, 0.4) is 0 Å². The van der Waals surface area contributed by atoms with E-state index in [0.29, 0.717) is 0 Å². The molecule has 2 N–H and O–H groups in total. The van der Waals surface area contributed by atoms with Crippen molar-refractivity contribution in [3.05, 3.63) is 0 Å². The minimum atomic E-state index is -1.06. The molecule has 0 saturated heterocycles. The highest BCUT2D eigenvalue weighted by atomic mass is 16.4. The predicted molar refractivity (Wildman–Crippen MR) is 45.2 cm³/mol. The maximum absolute atomic E-state index is 9.84. The molecule has 11 heavy (non-hydrogen) atoms. The number of aliphatic hydroxyl groups excluding tert-OH is 1. The summed E-state index contributed by atoms with van der Waals surface area (Å²) < 4.78 is 0. The molecule has 0 aromatic carbocycles. The first-order valence-electron chi connectivity index (χ1n) is 3.99. The first kappa shape index (κ1) is 10.9. The third kappa shape index (κ3) is 2.15. The van der Waals surface area contributed by atoms with Crippen LogP contribution < -0.4 is 0 Å². The second-order valence-corrected chi connectivity index (χ2v) is 3.24. The summed E-state index contributed by atoms with van der Waals surface area (Å²) in [6.45, 7) is 3.71. The van der Waals surface area contributed by atoms with E-state index < -0.39 is 5.72 Å². The van der Waals surface area contributed by atoms with Gasteiger partial charge in [-0.3, -0.25) is 4.90 Å². The SMILES string of the molecule is CCC(C)C(O)(CO)N(C)C. The highest BCUT2D eigenvalue weighted by Gasteiger charge is 2.33. The fraction of sp³-hybridized carbons (Fsp3) is 1.00. The molecule has 2 unspecified atom stereocenters. The molecule has 0 radical (unpaired) electrons. The standard InChI is InChI=1S/C8H19NO2/c1-5-7(2)8(11,6-10)9(3)4/h7,10-11H,5-6H2,1-4H3. The van der Waals surface area contributed by atoms with Crippen molar-refractivity contribution in [2.45, 2.75) is 26.0 Å². The Balaban J connectivity index is 4.32. The average Bonchev–Trinajstić information content (AvgIpc) is 2.01. The van der Waals surface area contributed by atoms with Crippen LogP contribution in [0.1, 0.15) is 20.3 Å². The van der Waals surface area contributed by atoms with E-state index in [9.17, 15) is 5.11 Å². The quantitative estimate of drug-likeness (QED) is 0.582. The first-order chi connectivity index (χ1) is 4.99. The Bertz CT molecular complexity index is 117. The van der Waals surface area contributed by atoms with Crippen LogP contribution in [0.2, 0.25) is 0 Å². The molecule has 3 heteroatoms. The van der Waals surface area contributed by atoms with Crippen molar-refractivity contribution in [1.29, 1.82) is 0 Å². The molecule has 0 amide bonds. The molecule has 0 spiro atoms. The maximum Gasteiger partial charge on any atom is 0.143 e. The Labute approximate surface area is 68.6 Å². The number of aliphatic hydroxyl groups is 2. The second-order valence-electron chi connectivity index (χ2n) is 3.24. The van der Waals surface area contributed by atoms with E-state index in [0.717, 1.165) is 6.42 Å². The lowest BCUT2D eigenvalue weighted by molar-refractivity contribution is -0.153. The molecule has 0 aliphatic heterocycles. The smallest absolute Gasteiger partial charge is 0.143 e. The van der Waals surface area contributed by atoms with Crippen molar-refractivity contribution < 1.29 is 10.2 Å². The topological polar surface area (TPSA) is 43.7 Å². The lowest BCUT2D eigenvalue weighted by atomic mass is 9.95. The molecule has 3 nitrogen and oxygen atoms in total. The van der Waals surface area contributed by atoms with Crippen molar-refractivity contribution in [2.75, 3.05) is 20.7 Å². The van der Waals surface area contributed by atoms with Crippen LogP contribution in [0.4, 0.5) is 0 Å². The van der Waals surface area contributed by atoms with Gasteiger partial charge >= 0.3 is 0 Å². The molecule has 0 aromatic rings. The van der Waals surface area contributed by atoms with Gasteiger partial charge in [0.1, 0.15) is 5.72 Å². The van der Waals surface area contributed by atoms with Gasteiger partial charge < -0.3 is 10.2 Å². The Morgan fingerprint density at radius 3 is 2.00 bits per heavy atom. The van der Waals surface area contributed by atoms with Crippen molar-refractivity contribution in [3.63, 3.8) is 0 Å². The minimum absolute atomic E-state index is 0.0856. The largest absolute Gasteiger partial charge is 0.392 e. The summed E-state index contributed by atoms with van der Waals surface area (Å²) in [6, 6.07) is 0. The summed E-state index contributed by atoms with van der Waals surface area (Å²) in [5.74, 6) is 0.0856. The van der Waals surface area contributed by atoms with Crippen molar-refractivity contribution in [2.24, 2.45) is 5.92 Å². The van der Waals surface area contributed by atoms with Crippen LogP contribution >= 0.6 is 0 Å². The molecule has 0 saturated carbocycles. The zero-order valence-corrected chi connectivity index (χ0v) is 7.83. The Kier molecular flexibility index (Phi) is 4.00. The van der Waals surface area contributed by atoms with Gasteiger partial charge in [0.2, 0.25) is 0 Å². The molecule has 0 aromatic heterocycles. The van der Waals surface area contributed by atoms with E-state index in [-0.39, 0.29) is 12.5 Å². The van der Waals surface area contributed by atoms with Gasteiger partial charge in [0.15, 0.2) is 0 Å². The molecule has 0 aliphatic rings. The maximum atomic E-state index is 9.84. The summed E-state index contributed by atoms with van der Waals surface area (Å²) >= 11 is 0. The fourth-order valence-corrected chi connectivity index (χ4v) is 1.06. The zero-order chi connectivity index (χ0) is 9.07. The number of rotatable bonds is 4. The van der Waals surface area contributed by atoms with E-state index in [2.05, 4.69) is 0 Å². The van der Waals surface area contributed by atoms with Crippen LogP contribution in [0, 0.1) is 5.92 Å². The Morgan fingerprint density at radius 1 is 1.45 bits per heavy atom. The highest BCUT2D eigenvalue weighted by molar-refractivity contribution is 4.79. The fourth-order valence-electron chi connectivity index (χ4n) is 1.06. The zero-order valence-electron chi connectivity index (χ0n) is 7.83. The summed E-state index contributed by atoms with van der Waals surface area (Å²) in [5, 5.41) is 18.8. The van der Waals surface area contributed by atoms with E-state index in [1.54, 1.807) is 19.0 Å². The molecule has 0 aliphatic carbocycles. The summed E-state index contributed by atoms with van der Waals surface area (Å²) in [7, 11) is 3.53. The van der Waals surface area contributed by atoms with Crippen LogP contribution in [0.5, 0.6) is 0 Å². The van der Waals surface area contributed by atoms with E-state index in [1.807, 2.05) is 13.8 Å². The number of hydrogen-bond acceptors (Lipinski definition) is 3. The number of likely N-dealkylation sites (N-methyl/N-ethyl adjacent to an activating group) is 1. The lowest BCUT2D eigenvalue weighted by Gasteiger charge is -2.37. The van der Waals surface area contributed by atoms with Crippen LogP contribution in [-0.4, -0.2) is 41.5 Å². The van der Waals surface area contributed by atoms with Crippen LogP contribution in [0.25, 0.3) is 0 Å². The van der Waals surface area contributed by atoms with E-state index >= 15 is 0 Å². The first-order valence-corrected chi connectivity index (χ1v) is 3.99. The molecular weight excluding hydrogens is 142 g/mol. The molecular formula is C8H19NO2. The van der Waals surface area contributed by atoms with Gasteiger partial charge in [-0.05, 0) is 20.5 Å². The summed E-state index contributed by atoms with van der Waals surface area (Å²) in [6.07, 6.45) is 0.856. The van der Waals surface area contributed by atoms with Crippen molar-refractivity contribution in [3.8, 4) is 0 Å². The monoisotopic (exact) mass is 161 g/mol. The van der Waals surface area contributed by atoms with Crippen molar-refractivity contribution >= 4 is 0 Å². The number of nitrogens with zero attached hydrogens (tertiary/aromatic N) is 1. The lowest BCUT2D eigenvalue weighted by Crippen LogP contribution is -2.52. The van der Waals surface area contributed by atoms with Crippen LogP contribution in [0.15, 0.2) is 0 Å². The minimum Gasteiger partial charge on any atom is -0.392 e. The van der Waals surface area contributed by atoms with Gasteiger partial charge in [0.05, 0.1) is 6.61 Å². The third-order valence-corrected chi connectivity index (χ3v) is 2.41. The third-order valence-electron chi connectivity index (χ3n) is 2.41. The number of hydrogen-bond donors (Lipinski definition) is 2. The normalized spacial score (nSPS) is 19.9. The van der Waals surface area contributed by atoms with E-state index in [1.165, 1.54) is 0 Å². The Hall–Kier alpha value is -0.120.